The molecule has 126 valence electrons. The van der Waals surface area contributed by atoms with Crippen molar-refractivity contribution in [2.24, 2.45) is 5.10 Å². The molecule has 0 saturated carbocycles. The molecule has 1 aliphatic heterocycles. The van der Waals surface area contributed by atoms with Gasteiger partial charge in [-0.05, 0) is 36.2 Å². The fraction of sp³-hybridized carbons (Fsp3) is 0.529. The maximum absolute atomic E-state index is 12.0. The van der Waals surface area contributed by atoms with Crippen LogP contribution in [0.2, 0.25) is 0 Å². The van der Waals surface area contributed by atoms with Crippen molar-refractivity contribution in [3.05, 3.63) is 29.8 Å². The lowest BCUT2D eigenvalue weighted by molar-refractivity contribution is -0.123. The highest BCUT2D eigenvalue weighted by molar-refractivity contribution is 6.01. The lowest BCUT2D eigenvalue weighted by Crippen LogP contribution is -2.42. The second-order valence-corrected chi connectivity index (χ2v) is 5.46. The minimum absolute atomic E-state index is 0.0889. The van der Waals surface area contributed by atoms with E-state index in [0.29, 0.717) is 19.8 Å². The predicted octanol–water partition coefficient (Wildman–Crippen LogP) is 1.65. The summed E-state index contributed by atoms with van der Waals surface area (Å²) in [6, 6.07) is 7.72. The molecule has 0 bridgehead atoms. The largest absolute Gasteiger partial charge is 0.497 e. The molecule has 1 aromatic rings. The van der Waals surface area contributed by atoms with Crippen LogP contribution < -0.4 is 10.2 Å². The maximum atomic E-state index is 12.0. The molecule has 1 N–H and O–H groups in total. The monoisotopic (exact) mass is 319 g/mol. The van der Waals surface area contributed by atoms with Gasteiger partial charge in [-0.1, -0.05) is 13.3 Å². The molecule has 1 heterocycles. The van der Waals surface area contributed by atoms with Gasteiger partial charge in [-0.15, -0.1) is 0 Å². The summed E-state index contributed by atoms with van der Waals surface area (Å²) in [5.41, 5.74) is 4.56. The fourth-order valence-electron chi connectivity index (χ4n) is 2.41. The van der Waals surface area contributed by atoms with Gasteiger partial charge in [-0.25, -0.2) is 5.43 Å². The van der Waals surface area contributed by atoms with Gasteiger partial charge in [0.05, 0.1) is 32.6 Å². The van der Waals surface area contributed by atoms with Gasteiger partial charge in [-0.3, -0.25) is 9.69 Å². The van der Waals surface area contributed by atoms with Crippen molar-refractivity contribution in [2.45, 2.75) is 19.8 Å². The highest BCUT2D eigenvalue weighted by Crippen LogP contribution is 2.13. The number of hydrazone groups is 1. The van der Waals surface area contributed by atoms with Crippen LogP contribution in [0.25, 0.3) is 0 Å². The van der Waals surface area contributed by atoms with E-state index in [0.717, 1.165) is 43.0 Å². The number of methoxy groups -OCH3 is 1. The van der Waals surface area contributed by atoms with E-state index in [1.54, 1.807) is 7.11 Å². The van der Waals surface area contributed by atoms with Gasteiger partial charge in [0.2, 0.25) is 0 Å². The Labute approximate surface area is 137 Å². The Morgan fingerprint density at radius 2 is 2.00 bits per heavy atom. The SMILES string of the molecule is CCCC(=NNC(=O)CN1CCOCC1)c1ccc(OC)cc1. The van der Waals surface area contributed by atoms with Gasteiger partial charge in [0.1, 0.15) is 5.75 Å². The van der Waals surface area contributed by atoms with Crippen LogP contribution in [0.1, 0.15) is 25.3 Å². The highest BCUT2D eigenvalue weighted by Gasteiger charge is 2.14. The summed E-state index contributed by atoms with van der Waals surface area (Å²) in [5, 5.41) is 4.32. The standard InChI is InChI=1S/C17H25N3O3/c1-3-4-16(14-5-7-15(22-2)8-6-14)18-19-17(21)13-20-9-11-23-12-10-20/h5-8H,3-4,9-13H2,1-2H3,(H,19,21). The van der Waals surface area contributed by atoms with E-state index in [1.165, 1.54) is 0 Å². The Balaban J connectivity index is 1.95. The van der Waals surface area contributed by atoms with Gasteiger partial charge in [0.25, 0.3) is 5.91 Å². The number of hydrogen-bond donors (Lipinski definition) is 1. The molecule has 0 aromatic heterocycles. The molecule has 2 rings (SSSR count). The van der Waals surface area contributed by atoms with E-state index in [2.05, 4.69) is 22.4 Å². The second-order valence-electron chi connectivity index (χ2n) is 5.46. The lowest BCUT2D eigenvalue weighted by atomic mass is 10.1. The van der Waals surface area contributed by atoms with Crippen molar-refractivity contribution in [3.63, 3.8) is 0 Å². The van der Waals surface area contributed by atoms with E-state index in [9.17, 15) is 4.79 Å². The van der Waals surface area contributed by atoms with Crippen molar-refractivity contribution < 1.29 is 14.3 Å². The van der Waals surface area contributed by atoms with Crippen LogP contribution in [-0.4, -0.2) is 56.5 Å². The minimum Gasteiger partial charge on any atom is -0.497 e. The smallest absolute Gasteiger partial charge is 0.254 e. The summed E-state index contributed by atoms with van der Waals surface area (Å²) < 4.78 is 10.4. The number of benzene rings is 1. The predicted molar refractivity (Wildman–Crippen MR) is 89.8 cm³/mol. The number of carbonyl (C=O) groups excluding carboxylic acids is 1. The third kappa shape index (κ3) is 5.65. The van der Waals surface area contributed by atoms with Gasteiger partial charge < -0.3 is 9.47 Å². The lowest BCUT2D eigenvalue weighted by Gasteiger charge is -2.25. The zero-order valence-electron chi connectivity index (χ0n) is 13.9. The third-order valence-electron chi connectivity index (χ3n) is 3.70. The average Bonchev–Trinajstić information content (AvgIpc) is 2.59. The molecule has 0 atom stereocenters. The van der Waals surface area contributed by atoms with E-state index in [1.807, 2.05) is 24.3 Å². The highest BCUT2D eigenvalue weighted by atomic mass is 16.5. The van der Waals surface area contributed by atoms with E-state index in [4.69, 9.17) is 9.47 Å². The average molecular weight is 319 g/mol. The first-order valence-corrected chi connectivity index (χ1v) is 8.03. The number of nitrogens with one attached hydrogen (secondary N) is 1. The van der Waals surface area contributed by atoms with Gasteiger partial charge >= 0.3 is 0 Å². The fourth-order valence-corrected chi connectivity index (χ4v) is 2.41. The molecular weight excluding hydrogens is 294 g/mol. The first-order chi connectivity index (χ1) is 11.2. The van der Waals surface area contributed by atoms with Crippen LogP contribution in [0.3, 0.4) is 0 Å². The van der Waals surface area contributed by atoms with Crippen molar-refractivity contribution in [2.75, 3.05) is 40.0 Å². The van der Waals surface area contributed by atoms with E-state index in [-0.39, 0.29) is 5.91 Å². The molecule has 1 aromatic carbocycles. The number of nitrogens with zero attached hydrogens (tertiary/aromatic N) is 2. The van der Waals surface area contributed by atoms with Crippen molar-refractivity contribution in [1.82, 2.24) is 10.3 Å². The number of ether oxygens (including phenoxy) is 2. The molecule has 6 heteroatoms. The summed E-state index contributed by atoms with van der Waals surface area (Å²) in [7, 11) is 1.64. The Bertz CT molecular complexity index is 522. The van der Waals surface area contributed by atoms with Crippen LogP contribution in [-0.2, 0) is 9.53 Å². The minimum atomic E-state index is -0.0889. The number of rotatable bonds is 7. The van der Waals surface area contributed by atoms with Crippen LogP contribution in [0, 0.1) is 0 Å². The molecule has 1 amide bonds. The van der Waals surface area contributed by atoms with E-state index < -0.39 is 0 Å². The molecule has 0 unspecified atom stereocenters. The Kier molecular flexibility index (Phi) is 7.03. The summed E-state index contributed by atoms with van der Waals surface area (Å²) in [6.07, 6.45) is 1.77. The van der Waals surface area contributed by atoms with Crippen molar-refractivity contribution >= 4 is 11.6 Å². The van der Waals surface area contributed by atoms with Crippen molar-refractivity contribution in [3.8, 4) is 5.75 Å². The normalized spacial score (nSPS) is 16.2. The molecule has 23 heavy (non-hydrogen) atoms. The quantitative estimate of drug-likeness (QED) is 0.613. The Hall–Kier alpha value is -1.92. The Morgan fingerprint density at radius 3 is 2.61 bits per heavy atom. The molecule has 1 saturated heterocycles. The molecular formula is C17H25N3O3. The summed E-state index contributed by atoms with van der Waals surface area (Å²) >= 11 is 0. The molecule has 6 nitrogen and oxygen atoms in total. The van der Waals surface area contributed by atoms with Crippen LogP contribution in [0.15, 0.2) is 29.4 Å². The number of carbonyl (C=O) groups is 1. The van der Waals surface area contributed by atoms with Crippen LogP contribution >= 0.6 is 0 Å². The zero-order valence-corrected chi connectivity index (χ0v) is 13.9. The molecule has 1 aliphatic rings. The van der Waals surface area contributed by atoms with Crippen molar-refractivity contribution in [1.29, 1.82) is 0 Å². The number of morpholine rings is 1. The topological polar surface area (TPSA) is 63.2 Å². The number of amides is 1. The zero-order chi connectivity index (χ0) is 16.5. The first-order valence-electron chi connectivity index (χ1n) is 8.03. The summed E-state index contributed by atoms with van der Waals surface area (Å²) in [6.45, 7) is 5.39. The van der Waals surface area contributed by atoms with Gasteiger partial charge in [0, 0.05) is 13.1 Å². The van der Waals surface area contributed by atoms with Gasteiger partial charge in [0.15, 0.2) is 0 Å². The molecule has 1 fully saturated rings. The molecule has 0 spiro atoms. The second kappa shape index (κ2) is 9.27. The molecule has 0 radical (unpaired) electrons. The third-order valence-corrected chi connectivity index (χ3v) is 3.70. The summed E-state index contributed by atoms with van der Waals surface area (Å²) in [4.78, 5) is 14.1. The van der Waals surface area contributed by atoms with Crippen LogP contribution in [0.4, 0.5) is 0 Å². The first kappa shape index (κ1) is 17.4. The maximum Gasteiger partial charge on any atom is 0.254 e. The summed E-state index contributed by atoms with van der Waals surface area (Å²) in [5.74, 6) is 0.718. The van der Waals surface area contributed by atoms with Gasteiger partial charge in [-0.2, -0.15) is 5.10 Å². The van der Waals surface area contributed by atoms with Crippen LogP contribution in [0.5, 0.6) is 5.75 Å². The van der Waals surface area contributed by atoms with E-state index >= 15 is 0 Å². The molecule has 0 aliphatic carbocycles. The Morgan fingerprint density at radius 1 is 1.30 bits per heavy atom. The number of hydrogen-bond acceptors (Lipinski definition) is 5.